The number of aryl methyl sites for hydroxylation is 2. The Labute approximate surface area is 121 Å². The fourth-order valence-electron chi connectivity index (χ4n) is 2.01. The number of para-hydroxylation sites is 1. The quantitative estimate of drug-likeness (QED) is 0.389. The number of ether oxygens (including phenoxy) is 1. The van der Waals surface area contributed by atoms with E-state index in [1.54, 1.807) is 25.1 Å². The standard InChI is InChI=1S/C15H15N3O3/c1-9-4-3-5-12(15(16)17)14(9)21-11-6-7-13(18(19)20)10(2)8-11/h3-8H,1-2H3,(H3,16,17). The predicted molar refractivity (Wildman–Crippen MR) is 80.1 cm³/mol. The van der Waals surface area contributed by atoms with Crippen LogP contribution in [0.25, 0.3) is 0 Å². The lowest BCUT2D eigenvalue weighted by Gasteiger charge is -2.13. The molecule has 108 valence electrons. The summed E-state index contributed by atoms with van der Waals surface area (Å²) >= 11 is 0. The SMILES string of the molecule is Cc1cc(Oc2c(C)cccc2C(=N)N)ccc1[N+](=O)[O-]. The Balaban J connectivity index is 2.41. The molecule has 0 bridgehead atoms. The molecule has 0 aliphatic carbocycles. The molecule has 0 unspecified atom stereocenters. The van der Waals surface area contributed by atoms with E-state index >= 15 is 0 Å². The van der Waals surface area contributed by atoms with Gasteiger partial charge in [-0.05, 0) is 37.6 Å². The first-order valence-corrected chi connectivity index (χ1v) is 6.27. The number of nitrogens with two attached hydrogens (primary N) is 1. The Morgan fingerprint density at radius 2 is 1.95 bits per heavy atom. The molecule has 2 aromatic rings. The monoisotopic (exact) mass is 285 g/mol. The number of nitrogens with one attached hydrogen (secondary N) is 1. The van der Waals surface area contributed by atoms with Gasteiger partial charge in [-0.1, -0.05) is 12.1 Å². The summed E-state index contributed by atoms with van der Waals surface area (Å²) in [5.41, 5.74) is 7.42. The summed E-state index contributed by atoms with van der Waals surface area (Å²) in [5.74, 6) is 0.862. The lowest BCUT2D eigenvalue weighted by molar-refractivity contribution is -0.385. The first-order valence-electron chi connectivity index (χ1n) is 6.27. The number of amidine groups is 1. The van der Waals surface area contributed by atoms with Gasteiger partial charge in [-0.15, -0.1) is 0 Å². The maximum Gasteiger partial charge on any atom is 0.272 e. The van der Waals surface area contributed by atoms with Crippen LogP contribution in [0.15, 0.2) is 36.4 Å². The van der Waals surface area contributed by atoms with Crippen LogP contribution in [0.3, 0.4) is 0 Å². The van der Waals surface area contributed by atoms with Gasteiger partial charge in [0.25, 0.3) is 5.69 Å². The second-order valence-corrected chi connectivity index (χ2v) is 4.67. The van der Waals surface area contributed by atoms with E-state index < -0.39 is 4.92 Å². The van der Waals surface area contributed by atoms with E-state index in [4.69, 9.17) is 15.9 Å². The van der Waals surface area contributed by atoms with Crippen LogP contribution in [0.4, 0.5) is 5.69 Å². The van der Waals surface area contributed by atoms with Crippen LogP contribution in [-0.2, 0) is 0 Å². The molecule has 0 saturated carbocycles. The molecule has 0 aliphatic rings. The minimum atomic E-state index is -0.437. The normalized spacial score (nSPS) is 10.2. The molecular formula is C15H15N3O3. The van der Waals surface area contributed by atoms with Gasteiger partial charge in [-0.3, -0.25) is 15.5 Å². The van der Waals surface area contributed by atoms with Crippen molar-refractivity contribution >= 4 is 11.5 Å². The molecule has 0 aliphatic heterocycles. The number of nitrogens with zero attached hydrogens (tertiary/aromatic N) is 1. The highest BCUT2D eigenvalue weighted by atomic mass is 16.6. The van der Waals surface area contributed by atoms with Crippen LogP contribution in [0, 0.1) is 29.4 Å². The minimum Gasteiger partial charge on any atom is -0.456 e. The van der Waals surface area contributed by atoms with E-state index in [9.17, 15) is 10.1 Å². The average molecular weight is 285 g/mol. The van der Waals surface area contributed by atoms with Crippen LogP contribution >= 0.6 is 0 Å². The smallest absolute Gasteiger partial charge is 0.272 e. The van der Waals surface area contributed by atoms with Crippen LogP contribution in [0.2, 0.25) is 0 Å². The van der Waals surface area contributed by atoms with E-state index in [1.165, 1.54) is 12.1 Å². The summed E-state index contributed by atoms with van der Waals surface area (Å²) in [4.78, 5) is 10.4. The van der Waals surface area contributed by atoms with Crippen LogP contribution < -0.4 is 10.5 Å². The van der Waals surface area contributed by atoms with Gasteiger partial charge >= 0.3 is 0 Å². The highest BCUT2D eigenvalue weighted by Gasteiger charge is 2.14. The Kier molecular flexibility index (Phi) is 3.89. The van der Waals surface area contributed by atoms with Gasteiger partial charge in [0.05, 0.1) is 10.5 Å². The van der Waals surface area contributed by atoms with Gasteiger partial charge in [0.15, 0.2) is 0 Å². The number of hydrogen-bond acceptors (Lipinski definition) is 4. The fourth-order valence-corrected chi connectivity index (χ4v) is 2.01. The molecule has 21 heavy (non-hydrogen) atoms. The zero-order valence-corrected chi connectivity index (χ0v) is 11.7. The second-order valence-electron chi connectivity index (χ2n) is 4.67. The highest BCUT2D eigenvalue weighted by Crippen LogP contribution is 2.31. The summed E-state index contributed by atoms with van der Waals surface area (Å²) in [5, 5.41) is 18.4. The summed E-state index contributed by atoms with van der Waals surface area (Å²) in [6, 6.07) is 9.86. The molecule has 0 atom stereocenters. The first kappa shape index (κ1) is 14.5. The summed E-state index contributed by atoms with van der Waals surface area (Å²) in [6.07, 6.45) is 0. The number of rotatable bonds is 4. The molecule has 0 amide bonds. The van der Waals surface area contributed by atoms with Gasteiger partial charge in [0.2, 0.25) is 0 Å². The maximum absolute atomic E-state index is 10.8. The molecule has 0 spiro atoms. The molecule has 0 fully saturated rings. The maximum atomic E-state index is 10.8. The van der Waals surface area contributed by atoms with E-state index in [1.807, 2.05) is 13.0 Å². The summed E-state index contributed by atoms with van der Waals surface area (Å²) in [6.45, 7) is 3.49. The first-order chi connectivity index (χ1) is 9.90. The van der Waals surface area contributed by atoms with Gasteiger partial charge in [0.1, 0.15) is 17.3 Å². The van der Waals surface area contributed by atoms with Crippen molar-refractivity contribution in [1.82, 2.24) is 0 Å². The fraction of sp³-hybridized carbons (Fsp3) is 0.133. The van der Waals surface area contributed by atoms with Gasteiger partial charge < -0.3 is 10.5 Å². The number of nitro groups is 1. The van der Waals surface area contributed by atoms with Crippen molar-refractivity contribution in [2.24, 2.45) is 5.73 Å². The van der Waals surface area contributed by atoms with Gasteiger partial charge in [-0.2, -0.15) is 0 Å². The summed E-state index contributed by atoms with van der Waals surface area (Å²) < 4.78 is 5.77. The number of nitro benzene ring substituents is 1. The van der Waals surface area contributed by atoms with Crippen molar-refractivity contribution in [3.05, 3.63) is 63.2 Å². The van der Waals surface area contributed by atoms with Crippen LogP contribution in [-0.4, -0.2) is 10.8 Å². The molecule has 0 radical (unpaired) electrons. The summed E-state index contributed by atoms with van der Waals surface area (Å²) in [7, 11) is 0. The van der Waals surface area contributed by atoms with Crippen molar-refractivity contribution in [1.29, 1.82) is 5.41 Å². The third-order valence-corrected chi connectivity index (χ3v) is 3.09. The number of hydrogen-bond donors (Lipinski definition) is 2. The molecule has 0 saturated heterocycles. The molecule has 6 nitrogen and oxygen atoms in total. The van der Waals surface area contributed by atoms with E-state index in [0.717, 1.165) is 5.56 Å². The largest absolute Gasteiger partial charge is 0.456 e. The molecule has 3 N–H and O–H groups in total. The lowest BCUT2D eigenvalue weighted by Crippen LogP contribution is -2.12. The van der Waals surface area contributed by atoms with Crippen molar-refractivity contribution in [2.45, 2.75) is 13.8 Å². The molecular weight excluding hydrogens is 270 g/mol. The molecule has 6 heteroatoms. The molecule has 2 rings (SSSR count). The van der Waals surface area contributed by atoms with E-state index in [-0.39, 0.29) is 11.5 Å². The highest BCUT2D eigenvalue weighted by molar-refractivity contribution is 5.98. The van der Waals surface area contributed by atoms with Crippen LogP contribution in [0.5, 0.6) is 11.5 Å². The van der Waals surface area contributed by atoms with E-state index in [0.29, 0.717) is 22.6 Å². The van der Waals surface area contributed by atoms with Crippen LogP contribution in [0.1, 0.15) is 16.7 Å². The topological polar surface area (TPSA) is 102 Å². The molecule has 0 aromatic heterocycles. The Hall–Kier alpha value is -2.89. The minimum absolute atomic E-state index is 0.0407. The van der Waals surface area contributed by atoms with Crippen molar-refractivity contribution in [2.75, 3.05) is 0 Å². The zero-order chi connectivity index (χ0) is 15.6. The van der Waals surface area contributed by atoms with Crippen molar-refractivity contribution in [3.63, 3.8) is 0 Å². The third kappa shape index (κ3) is 3.00. The van der Waals surface area contributed by atoms with Gasteiger partial charge in [-0.25, -0.2) is 0 Å². The zero-order valence-electron chi connectivity index (χ0n) is 11.7. The average Bonchev–Trinajstić information content (AvgIpc) is 2.40. The third-order valence-electron chi connectivity index (χ3n) is 3.09. The number of nitrogen functional groups attached to an aromatic ring is 1. The second kappa shape index (κ2) is 5.62. The Bertz CT molecular complexity index is 726. The molecule has 0 heterocycles. The van der Waals surface area contributed by atoms with Crippen molar-refractivity contribution in [3.8, 4) is 11.5 Å². The van der Waals surface area contributed by atoms with Crippen molar-refractivity contribution < 1.29 is 9.66 Å². The molecule has 2 aromatic carbocycles. The van der Waals surface area contributed by atoms with Gasteiger partial charge in [0, 0.05) is 11.6 Å². The lowest BCUT2D eigenvalue weighted by atomic mass is 10.1. The van der Waals surface area contributed by atoms with E-state index in [2.05, 4.69) is 0 Å². The Morgan fingerprint density at radius 3 is 2.52 bits per heavy atom. The number of benzene rings is 2. The predicted octanol–water partition coefficient (Wildman–Crippen LogP) is 3.29. The Morgan fingerprint density at radius 1 is 1.24 bits per heavy atom.